The van der Waals surface area contributed by atoms with Gasteiger partial charge in [-0.2, -0.15) is 0 Å². The van der Waals surface area contributed by atoms with Crippen molar-refractivity contribution in [3.05, 3.63) is 40.4 Å². The minimum atomic E-state index is -0.0224. The fraction of sp³-hybridized carbons (Fsp3) is 0.400. The summed E-state index contributed by atoms with van der Waals surface area (Å²) in [5.41, 5.74) is 2.26. The molecule has 0 spiro atoms. The van der Waals surface area contributed by atoms with Crippen molar-refractivity contribution in [2.75, 3.05) is 0 Å². The van der Waals surface area contributed by atoms with Crippen molar-refractivity contribution in [3.8, 4) is 0 Å². The molecule has 1 aliphatic heterocycles. The number of hydrogen-bond donors (Lipinski definition) is 1. The van der Waals surface area contributed by atoms with Crippen LogP contribution in [0.5, 0.6) is 0 Å². The molecular formula is C15H17N3OS2. The molecule has 1 atom stereocenters. The highest BCUT2D eigenvalue weighted by Crippen LogP contribution is 2.36. The Morgan fingerprint density at radius 3 is 3.00 bits per heavy atom. The van der Waals surface area contributed by atoms with Gasteiger partial charge in [-0.05, 0) is 35.5 Å². The first-order chi connectivity index (χ1) is 10.1. The van der Waals surface area contributed by atoms with E-state index in [1.54, 1.807) is 11.8 Å². The van der Waals surface area contributed by atoms with Gasteiger partial charge in [-0.15, -0.1) is 16.9 Å². The van der Waals surface area contributed by atoms with E-state index in [0.717, 1.165) is 17.0 Å². The Balaban J connectivity index is 1.60. The Kier molecular flexibility index (Phi) is 4.26. The Bertz CT molecular complexity index is 629. The fourth-order valence-corrected chi connectivity index (χ4v) is 4.34. The van der Waals surface area contributed by atoms with Crippen LogP contribution in [0.4, 0.5) is 0 Å². The predicted molar refractivity (Wildman–Crippen MR) is 85.6 cm³/mol. The van der Waals surface area contributed by atoms with Gasteiger partial charge in [0.25, 0.3) is 0 Å². The third-order valence-corrected chi connectivity index (χ3v) is 5.55. The van der Waals surface area contributed by atoms with E-state index in [4.69, 9.17) is 0 Å². The van der Waals surface area contributed by atoms with Crippen LogP contribution in [0.3, 0.4) is 0 Å². The summed E-state index contributed by atoms with van der Waals surface area (Å²) in [7, 11) is 0. The Morgan fingerprint density at radius 1 is 1.43 bits per heavy atom. The second-order valence-corrected chi connectivity index (χ2v) is 7.46. The van der Waals surface area contributed by atoms with E-state index in [2.05, 4.69) is 40.9 Å². The smallest absolute Gasteiger partial charge is 0.234 e. The predicted octanol–water partition coefficient (Wildman–Crippen LogP) is 2.99. The number of carbonyl (C=O) groups is 1. The van der Waals surface area contributed by atoms with Gasteiger partial charge in [-0.3, -0.25) is 4.79 Å². The molecule has 4 nitrogen and oxygen atoms in total. The molecule has 1 aliphatic rings. The lowest BCUT2D eigenvalue weighted by atomic mass is 10.1. The molecule has 0 fully saturated rings. The maximum Gasteiger partial charge on any atom is 0.234 e. The molecule has 21 heavy (non-hydrogen) atoms. The summed E-state index contributed by atoms with van der Waals surface area (Å²) in [6.45, 7) is 4.70. The number of benzene rings is 1. The number of aromatic nitrogens is 2. The zero-order valence-electron chi connectivity index (χ0n) is 12.0. The summed E-state index contributed by atoms with van der Waals surface area (Å²) in [4.78, 5) is 14.6. The standard InChI is InChI=1S/C15H17N3OS2/c1-9(2)14-13(21-18-17-14)8-16-15(19)12-7-10-5-3-4-6-11(10)20-12/h3-6,9,12H,7-8H2,1-2H3,(H,16,19)/t12-/m1/s1. The summed E-state index contributed by atoms with van der Waals surface area (Å²) < 4.78 is 3.99. The van der Waals surface area contributed by atoms with E-state index in [1.165, 1.54) is 22.0 Å². The summed E-state index contributed by atoms with van der Waals surface area (Å²) >= 11 is 3.02. The van der Waals surface area contributed by atoms with Crippen molar-refractivity contribution >= 4 is 29.2 Å². The maximum atomic E-state index is 12.3. The van der Waals surface area contributed by atoms with Crippen LogP contribution in [-0.4, -0.2) is 20.7 Å². The number of carbonyl (C=O) groups excluding carboxylic acids is 1. The normalized spacial score (nSPS) is 17.0. The van der Waals surface area contributed by atoms with Crippen LogP contribution >= 0.6 is 23.3 Å². The molecule has 3 rings (SSSR count). The van der Waals surface area contributed by atoms with Crippen LogP contribution in [0.25, 0.3) is 0 Å². The first kappa shape index (κ1) is 14.5. The van der Waals surface area contributed by atoms with Crippen LogP contribution in [0.15, 0.2) is 29.2 Å². The topological polar surface area (TPSA) is 54.9 Å². The van der Waals surface area contributed by atoms with Crippen LogP contribution in [0.2, 0.25) is 0 Å². The van der Waals surface area contributed by atoms with Gasteiger partial charge in [0.2, 0.25) is 5.91 Å². The molecule has 1 aromatic heterocycles. The molecule has 110 valence electrons. The number of amides is 1. The van der Waals surface area contributed by atoms with Crippen LogP contribution in [-0.2, 0) is 17.8 Å². The molecule has 0 aliphatic carbocycles. The Labute approximate surface area is 132 Å². The first-order valence-electron chi connectivity index (χ1n) is 6.98. The molecule has 2 aromatic rings. The molecule has 6 heteroatoms. The highest BCUT2D eigenvalue weighted by Gasteiger charge is 2.28. The van der Waals surface area contributed by atoms with E-state index in [0.29, 0.717) is 12.5 Å². The van der Waals surface area contributed by atoms with Gasteiger partial charge in [-0.25, -0.2) is 0 Å². The van der Waals surface area contributed by atoms with Gasteiger partial charge in [0, 0.05) is 4.90 Å². The minimum absolute atomic E-state index is 0.0224. The summed E-state index contributed by atoms with van der Waals surface area (Å²) in [5, 5.41) is 7.14. The third kappa shape index (κ3) is 3.11. The zero-order chi connectivity index (χ0) is 14.8. The molecule has 0 radical (unpaired) electrons. The van der Waals surface area contributed by atoms with E-state index < -0.39 is 0 Å². The van der Waals surface area contributed by atoms with Gasteiger partial charge in [0.15, 0.2) is 0 Å². The van der Waals surface area contributed by atoms with Gasteiger partial charge >= 0.3 is 0 Å². The average molecular weight is 319 g/mol. The van der Waals surface area contributed by atoms with E-state index >= 15 is 0 Å². The number of nitrogens with one attached hydrogen (secondary N) is 1. The summed E-state index contributed by atoms with van der Waals surface area (Å²) in [5.74, 6) is 0.431. The monoisotopic (exact) mass is 319 g/mol. The largest absolute Gasteiger partial charge is 0.350 e. The highest BCUT2D eigenvalue weighted by molar-refractivity contribution is 8.01. The fourth-order valence-electron chi connectivity index (χ4n) is 2.39. The molecule has 1 aromatic carbocycles. The summed E-state index contributed by atoms with van der Waals surface area (Å²) in [6.07, 6.45) is 0.810. The molecular weight excluding hydrogens is 302 g/mol. The van der Waals surface area contributed by atoms with Crippen molar-refractivity contribution < 1.29 is 4.79 Å². The SMILES string of the molecule is CC(C)c1nnsc1CNC(=O)[C@H]1Cc2ccccc2S1. The molecule has 2 heterocycles. The maximum absolute atomic E-state index is 12.3. The van der Waals surface area contributed by atoms with Crippen molar-refractivity contribution in [3.63, 3.8) is 0 Å². The Hall–Kier alpha value is -1.40. The van der Waals surface area contributed by atoms with Crippen molar-refractivity contribution in [2.45, 2.75) is 42.9 Å². The molecule has 1 amide bonds. The van der Waals surface area contributed by atoms with Gasteiger partial charge < -0.3 is 5.32 Å². The second-order valence-electron chi connectivity index (χ2n) is 5.37. The van der Waals surface area contributed by atoms with Crippen LogP contribution in [0.1, 0.15) is 35.9 Å². The van der Waals surface area contributed by atoms with Crippen LogP contribution in [0, 0.1) is 0 Å². The van der Waals surface area contributed by atoms with Crippen molar-refractivity contribution in [1.82, 2.24) is 14.9 Å². The second kappa shape index (κ2) is 6.15. The van der Waals surface area contributed by atoms with Crippen molar-refractivity contribution in [1.29, 1.82) is 0 Å². The Morgan fingerprint density at radius 2 is 2.24 bits per heavy atom. The lowest BCUT2D eigenvalue weighted by Gasteiger charge is -2.10. The van der Waals surface area contributed by atoms with Crippen molar-refractivity contribution in [2.24, 2.45) is 0 Å². The molecule has 0 bridgehead atoms. The van der Waals surface area contributed by atoms with E-state index in [9.17, 15) is 4.79 Å². The lowest BCUT2D eigenvalue weighted by molar-refractivity contribution is -0.120. The van der Waals surface area contributed by atoms with Gasteiger partial charge in [-0.1, -0.05) is 36.5 Å². The third-order valence-electron chi connectivity index (χ3n) is 3.49. The molecule has 0 unspecified atom stereocenters. The quantitative estimate of drug-likeness (QED) is 0.941. The lowest BCUT2D eigenvalue weighted by Crippen LogP contribution is -2.32. The van der Waals surface area contributed by atoms with E-state index in [-0.39, 0.29) is 11.2 Å². The zero-order valence-corrected chi connectivity index (χ0v) is 13.6. The van der Waals surface area contributed by atoms with E-state index in [1.807, 2.05) is 12.1 Å². The molecule has 0 saturated heterocycles. The number of fused-ring (bicyclic) bond motifs is 1. The van der Waals surface area contributed by atoms with Gasteiger partial charge in [0.1, 0.15) is 0 Å². The van der Waals surface area contributed by atoms with Crippen LogP contribution < -0.4 is 5.32 Å². The van der Waals surface area contributed by atoms with Gasteiger partial charge in [0.05, 0.1) is 22.4 Å². The highest BCUT2D eigenvalue weighted by atomic mass is 32.2. The summed E-state index contributed by atoms with van der Waals surface area (Å²) in [6, 6.07) is 8.22. The first-order valence-corrected chi connectivity index (χ1v) is 8.64. The molecule has 0 saturated carbocycles. The number of rotatable bonds is 4. The number of hydrogen-bond acceptors (Lipinski definition) is 5. The number of nitrogens with zero attached hydrogens (tertiary/aromatic N) is 2. The minimum Gasteiger partial charge on any atom is -0.350 e. The molecule has 1 N–H and O–H groups in total. The average Bonchev–Trinajstić information content (AvgIpc) is 3.10. The number of thioether (sulfide) groups is 1.